The van der Waals surface area contributed by atoms with Crippen LogP contribution in [0, 0.1) is 6.92 Å². The lowest BCUT2D eigenvalue weighted by molar-refractivity contribution is 0.101. The van der Waals surface area contributed by atoms with Crippen molar-refractivity contribution in [1.82, 2.24) is 4.98 Å². The summed E-state index contributed by atoms with van der Waals surface area (Å²) in [5, 5.41) is 5.65. The number of hydrogen-bond acceptors (Lipinski definition) is 3. The summed E-state index contributed by atoms with van der Waals surface area (Å²) in [6, 6.07) is 17.6. The van der Waals surface area contributed by atoms with Crippen molar-refractivity contribution in [2.24, 2.45) is 0 Å². The zero-order valence-corrected chi connectivity index (χ0v) is 13.7. The van der Waals surface area contributed by atoms with Crippen LogP contribution in [0.5, 0.6) is 0 Å². The first kappa shape index (κ1) is 16.4. The first-order chi connectivity index (χ1) is 12.1. The Labute approximate surface area is 145 Å². The number of benzene rings is 2. The average Bonchev–Trinajstić information content (AvgIpc) is 2.65. The Morgan fingerprint density at radius 2 is 1.48 bits per heavy atom. The molecule has 0 aliphatic carbocycles. The first-order valence-electron chi connectivity index (χ1n) is 7.82. The highest BCUT2D eigenvalue weighted by molar-refractivity contribution is 6.07. The SMILES string of the molecule is Cc1ccc(C(=O)Nc2ccncc2)cc1NC(=O)c1ccccc1. The van der Waals surface area contributed by atoms with Crippen LogP contribution in [0.15, 0.2) is 73.1 Å². The van der Waals surface area contributed by atoms with E-state index in [4.69, 9.17) is 0 Å². The van der Waals surface area contributed by atoms with Gasteiger partial charge in [0.15, 0.2) is 0 Å². The number of amides is 2. The summed E-state index contributed by atoms with van der Waals surface area (Å²) in [5.74, 6) is -0.461. The third kappa shape index (κ3) is 4.09. The molecule has 0 aliphatic heterocycles. The van der Waals surface area contributed by atoms with Gasteiger partial charge in [0.2, 0.25) is 0 Å². The molecule has 0 spiro atoms. The molecular weight excluding hydrogens is 314 g/mol. The van der Waals surface area contributed by atoms with Crippen LogP contribution in [0.2, 0.25) is 0 Å². The van der Waals surface area contributed by atoms with E-state index < -0.39 is 0 Å². The van der Waals surface area contributed by atoms with Crippen molar-refractivity contribution in [3.63, 3.8) is 0 Å². The number of nitrogens with one attached hydrogen (secondary N) is 2. The van der Waals surface area contributed by atoms with Gasteiger partial charge < -0.3 is 10.6 Å². The monoisotopic (exact) mass is 331 g/mol. The van der Waals surface area contributed by atoms with Crippen LogP contribution < -0.4 is 10.6 Å². The molecule has 0 saturated heterocycles. The number of nitrogens with zero attached hydrogens (tertiary/aromatic N) is 1. The predicted octanol–water partition coefficient (Wildman–Crippen LogP) is 3.89. The number of aromatic nitrogens is 1. The van der Waals surface area contributed by atoms with Crippen LogP contribution in [0.25, 0.3) is 0 Å². The lowest BCUT2D eigenvalue weighted by Gasteiger charge is -2.11. The van der Waals surface area contributed by atoms with Gasteiger partial charge in [-0.2, -0.15) is 0 Å². The third-order valence-electron chi connectivity index (χ3n) is 3.72. The summed E-state index contributed by atoms with van der Waals surface area (Å²) < 4.78 is 0. The maximum Gasteiger partial charge on any atom is 0.255 e. The molecule has 1 aromatic heterocycles. The number of hydrogen-bond donors (Lipinski definition) is 2. The molecule has 1 heterocycles. The van der Waals surface area contributed by atoms with Gasteiger partial charge in [-0.25, -0.2) is 0 Å². The number of carbonyl (C=O) groups is 2. The predicted molar refractivity (Wildman–Crippen MR) is 97.8 cm³/mol. The summed E-state index contributed by atoms with van der Waals surface area (Å²) in [6.45, 7) is 1.88. The van der Waals surface area contributed by atoms with Crippen molar-refractivity contribution >= 4 is 23.2 Å². The average molecular weight is 331 g/mol. The standard InChI is InChI=1S/C20H17N3O2/c1-14-7-8-16(20(25)22-17-9-11-21-12-10-17)13-18(14)23-19(24)15-5-3-2-4-6-15/h2-13H,1H3,(H,23,24)(H,21,22,25). The van der Waals surface area contributed by atoms with Gasteiger partial charge >= 0.3 is 0 Å². The summed E-state index contributed by atoms with van der Waals surface area (Å²) in [4.78, 5) is 28.6. The van der Waals surface area contributed by atoms with Gasteiger partial charge in [0.25, 0.3) is 11.8 Å². The van der Waals surface area contributed by atoms with E-state index >= 15 is 0 Å². The molecule has 3 rings (SSSR count). The highest BCUT2D eigenvalue weighted by Crippen LogP contribution is 2.19. The minimum atomic E-state index is -0.249. The fourth-order valence-electron chi connectivity index (χ4n) is 2.32. The normalized spacial score (nSPS) is 10.1. The highest BCUT2D eigenvalue weighted by Gasteiger charge is 2.11. The van der Waals surface area contributed by atoms with E-state index in [9.17, 15) is 9.59 Å². The van der Waals surface area contributed by atoms with Crippen LogP contribution in [0.3, 0.4) is 0 Å². The van der Waals surface area contributed by atoms with Crippen molar-refractivity contribution in [3.05, 3.63) is 89.7 Å². The number of carbonyl (C=O) groups excluding carboxylic acids is 2. The number of rotatable bonds is 4. The van der Waals surface area contributed by atoms with Crippen molar-refractivity contribution in [2.75, 3.05) is 10.6 Å². The molecule has 0 atom stereocenters. The summed E-state index contributed by atoms with van der Waals surface area (Å²) >= 11 is 0. The lowest BCUT2D eigenvalue weighted by Crippen LogP contribution is -2.15. The molecule has 0 fully saturated rings. The Balaban J connectivity index is 1.78. The Kier molecular flexibility index (Phi) is 4.85. The molecule has 5 nitrogen and oxygen atoms in total. The minimum Gasteiger partial charge on any atom is -0.322 e. The van der Waals surface area contributed by atoms with Crippen molar-refractivity contribution < 1.29 is 9.59 Å². The first-order valence-corrected chi connectivity index (χ1v) is 7.82. The molecule has 5 heteroatoms. The molecule has 0 unspecified atom stereocenters. The fraction of sp³-hybridized carbons (Fsp3) is 0.0500. The molecule has 124 valence electrons. The van der Waals surface area contributed by atoms with Gasteiger partial charge in [0, 0.05) is 34.9 Å². The van der Waals surface area contributed by atoms with Crippen LogP contribution in [-0.2, 0) is 0 Å². The van der Waals surface area contributed by atoms with Crippen LogP contribution in [-0.4, -0.2) is 16.8 Å². The van der Waals surface area contributed by atoms with E-state index in [1.54, 1.807) is 60.9 Å². The topological polar surface area (TPSA) is 71.1 Å². The number of pyridine rings is 1. The summed E-state index contributed by atoms with van der Waals surface area (Å²) in [7, 11) is 0. The second-order valence-corrected chi connectivity index (χ2v) is 5.54. The summed E-state index contributed by atoms with van der Waals surface area (Å²) in [6.07, 6.45) is 3.21. The van der Waals surface area contributed by atoms with Gasteiger partial charge in [0.05, 0.1) is 0 Å². The van der Waals surface area contributed by atoms with E-state index in [0.717, 1.165) is 5.56 Å². The number of anilines is 2. The second-order valence-electron chi connectivity index (χ2n) is 5.54. The number of aryl methyl sites for hydroxylation is 1. The molecule has 0 aliphatic rings. The lowest BCUT2D eigenvalue weighted by atomic mass is 10.1. The largest absolute Gasteiger partial charge is 0.322 e. The molecular formula is C20H17N3O2. The van der Waals surface area contributed by atoms with Gasteiger partial charge in [-0.15, -0.1) is 0 Å². The van der Waals surface area contributed by atoms with Crippen LogP contribution >= 0.6 is 0 Å². The van der Waals surface area contributed by atoms with E-state index in [1.165, 1.54) is 0 Å². The van der Waals surface area contributed by atoms with E-state index in [1.807, 2.05) is 19.1 Å². The molecule has 0 bridgehead atoms. The van der Waals surface area contributed by atoms with Crippen molar-refractivity contribution in [2.45, 2.75) is 6.92 Å². The van der Waals surface area contributed by atoms with E-state index in [-0.39, 0.29) is 11.8 Å². The molecule has 0 radical (unpaired) electrons. The van der Waals surface area contributed by atoms with Crippen molar-refractivity contribution in [1.29, 1.82) is 0 Å². The van der Waals surface area contributed by atoms with Gasteiger partial charge in [0.1, 0.15) is 0 Å². The molecule has 25 heavy (non-hydrogen) atoms. The molecule has 2 amide bonds. The Hall–Kier alpha value is -3.47. The molecule has 2 aromatic carbocycles. The van der Waals surface area contributed by atoms with E-state index in [0.29, 0.717) is 22.5 Å². The Bertz CT molecular complexity index is 893. The Morgan fingerprint density at radius 3 is 2.20 bits per heavy atom. The molecule has 2 N–H and O–H groups in total. The molecule has 3 aromatic rings. The van der Waals surface area contributed by atoms with Crippen molar-refractivity contribution in [3.8, 4) is 0 Å². The molecule has 0 saturated carbocycles. The highest BCUT2D eigenvalue weighted by atomic mass is 16.2. The van der Waals surface area contributed by atoms with Crippen LogP contribution in [0.4, 0.5) is 11.4 Å². The van der Waals surface area contributed by atoms with E-state index in [2.05, 4.69) is 15.6 Å². The second kappa shape index (κ2) is 7.40. The third-order valence-corrected chi connectivity index (χ3v) is 3.72. The summed E-state index contributed by atoms with van der Waals surface area (Å²) in [5.41, 5.74) is 3.18. The van der Waals surface area contributed by atoms with Gasteiger partial charge in [-0.3, -0.25) is 14.6 Å². The quantitative estimate of drug-likeness (QED) is 0.762. The van der Waals surface area contributed by atoms with Crippen LogP contribution in [0.1, 0.15) is 26.3 Å². The zero-order chi connectivity index (χ0) is 17.6. The maximum atomic E-state index is 12.4. The minimum absolute atomic E-state index is 0.213. The van der Waals surface area contributed by atoms with Gasteiger partial charge in [-0.1, -0.05) is 24.3 Å². The smallest absolute Gasteiger partial charge is 0.255 e. The fourth-order valence-corrected chi connectivity index (χ4v) is 2.32. The zero-order valence-electron chi connectivity index (χ0n) is 13.7. The Morgan fingerprint density at radius 1 is 0.800 bits per heavy atom. The maximum absolute atomic E-state index is 12.4. The van der Waals surface area contributed by atoms with Gasteiger partial charge in [-0.05, 0) is 48.9 Å².